The number of sulfonamides is 1. The van der Waals surface area contributed by atoms with Gasteiger partial charge in [-0.05, 0) is 44.0 Å². The van der Waals surface area contributed by atoms with Gasteiger partial charge in [0.1, 0.15) is 5.82 Å². The number of hydrogen-bond acceptors (Lipinski definition) is 5. The number of aromatic nitrogens is 1. The fourth-order valence-electron chi connectivity index (χ4n) is 2.11. The molecule has 136 valence electrons. The van der Waals surface area contributed by atoms with Crippen molar-refractivity contribution >= 4 is 15.8 Å². The van der Waals surface area contributed by atoms with Gasteiger partial charge in [0.05, 0.1) is 18.1 Å². The lowest BCUT2D eigenvalue weighted by molar-refractivity contribution is 0.267. The molecule has 0 aliphatic carbocycles. The third kappa shape index (κ3) is 5.35. The standard InChI is InChI=1S/C18H24N2O4S/c1-4-11-23-16-10-9-15(13-17(16)24-12-5-2)25(21,22)20-18-8-6-7-14(3)19-18/h6-10,13H,4-5,11-12H2,1-3H3,(H,19,20). The quantitative estimate of drug-likeness (QED) is 0.733. The maximum atomic E-state index is 12.6. The molecular weight excluding hydrogens is 340 g/mol. The predicted molar refractivity (Wildman–Crippen MR) is 97.8 cm³/mol. The third-order valence-corrected chi connectivity index (χ3v) is 4.63. The van der Waals surface area contributed by atoms with Gasteiger partial charge in [0.2, 0.25) is 0 Å². The van der Waals surface area contributed by atoms with E-state index in [1.807, 2.05) is 13.8 Å². The smallest absolute Gasteiger partial charge is 0.263 e. The molecule has 0 saturated carbocycles. The fourth-order valence-corrected chi connectivity index (χ4v) is 3.12. The fraction of sp³-hybridized carbons (Fsp3) is 0.389. The van der Waals surface area contributed by atoms with E-state index in [9.17, 15) is 8.42 Å². The molecule has 0 bridgehead atoms. The van der Waals surface area contributed by atoms with Crippen LogP contribution in [0.5, 0.6) is 11.5 Å². The first-order valence-electron chi connectivity index (χ1n) is 8.32. The highest BCUT2D eigenvalue weighted by molar-refractivity contribution is 7.92. The molecule has 1 aromatic heterocycles. The largest absolute Gasteiger partial charge is 0.490 e. The lowest BCUT2D eigenvalue weighted by Crippen LogP contribution is -2.14. The number of pyridine rings is 1. The van der Waals surface area contributed by atoms with Crippen molar-refractivity contribution in [3.8, 4) is 11.5 Å². The SMILES string of the molecule is CCCOc1ccc(S(=O)(=O)Nc2cccc(C)n2)cc1OCCC. The molecule has 0 fully saturated rings. The Morgan fingerprint density at radius 2 is 1.68 bits per heavy atom. The Hall–Kier alpha value is -2.28. The van der Waals surface area contributed by atoms with Crippen molar-refractivity contribution in [3.63, 3.8) is 0 Å². The Balaban J connectivity index is 2.29. The van der Waals surface area contributed by atoms with Gasteiger partial charge < -0.3 is 9.47 Å². The zero-order valence-corrected chi connectivity index (χ0v) is 15.6. The topological polar surface area (TPSA) is 77.5 Å². The van der Waals surface area contributed by atoms with Crippen LogP contribution in [-0.4, -0.2) is 26.6 Å². The number of aryl methyl sites for hydroxylation is 1. The van der Waals surface area contributed by atoms with Gasteiger partial charge in [-0.15, -0.1) is 0 Å². The number of anilines is 1. The molecule has 6 nitrogen and oxygen atoms in total. The summed E-state index contributed by atoms with van der Waals surface area (Å²) in [7, 11) is -3.76. The minimum atomic E-state index is -3.76. The van der Waals surface area contributed by atoms with Crippen molar-refractivity contribution in [2.45, 2.75) is 38.5 Å². The number of benzene rings is 1. The maximum Gasteiger partial charge on any atom is 0.263 e. The van der Waals surface area contributed by atoms with Crippen LogP contribution in [0.2, 0.25) is 0 Å². The van der Waals surface area contributed by atoms with E-state index in [0.717, 1.165) is 18.5 Å². The minimum absolute atomic E-state index is 0.103. The number of rotatable bonds is 9. The van der Waals surface area contributed by atoms with E-state index in [-0.39, 0.29) is 10.7 Å². The van der Waals surface area contributed by atoms with Crippen LogP contribution in [-0.2, 0) is 10.0 Å². The summed E-state index contributed by atoms with van der Waals surface area (Å²) in [4.78, 5) is 4.27. The van der Waals surface area contributed by atoms with E-state index in [4.69, 9.17) is 9.47 Å². The first kappa shape index (κ1) is 19.1. The maximum absolute atomic E-state index is 12.6. The highest BCUT2D eigenvalue weighted by Gasteiger charge is 2.18. The van der Waals surface area contributed by atoms with Gasteiger partial charge in [-0.3, -0.25) is 4.72 Å². The van der Waals surface area contributed by atoms with Crippen molar-refractivity contribution in [1.29, 1.82) is 0 Å². The van der Waals surface area contributed by atoms with Gasteiger partial charge in [0.15, 0.2) is 11.5 Å². The van der Waals surface area contributed by atoms with Crippen LogP contribution in [0.25, 0.3) is 0 Å². The van der Waals surface area contributed by atoms with E-state index in [1.165, 1.54) is 12.1 Å². The average molecular weight is 364 g/mol. The average Bonchev–Trinajstić information content (AvgIpc) is 2.58. The van der Waals surface area contributed by atoms with Crippen LogP contribution < -0.4 is 14.2 Å². The Bertz CT molecular complexity index is 806. The Kier molecular flexibility index (Phi) is 6.64. The van der Waals surface area contributed by atoms with Crippen LogP contribution >= 0.6 is 0 Å². The highest BCUT2D eigenvalue weighted by atomic mass is 32.2. The zero-order valence-electron chi connectivity index (χ0n) is 14.8. The van der Waals surface area contributed by atoms with E-state index in [0.29, 0.717) is 24.7 Å². The second kappa shape index (κ2) is 8.71. The summed E-state index contributed by atoms with van der Waals surface area (Å²) < 4.78 is 39.0. The molecular formula is C18H24N2O4S. The number of ether oxygens (including phenoxy) is 2. The molecule has 2 aromatic rings. The molecule has 0 amide bonds. The van der Waals surface area contributed by atoms with Crippen LogP contribution in [0.3, 0.4) is 0 Å². The predicted octanol–water partition coefficient (Wildman–Crippen LogP) is 3.77. The summed E-state index contributed by atoms with van der Waals surface area (Å²) in [5.74, 6) is 1.25. The van der Waals surface area contributed by atoms with Crippen LogP contribution in [0.15, 0.2) is 41.3 Å². The molecule has 1 heterocycles. The molecule has 1 N–H and O–H groups in total. The first-order valence-corrected chi connectivity index (χ1v) is 9.80. The van der Waals surface area contributed by atoms with Gasteiger partial charge >= 0.3 is 0 Å². The van der Waals surface area contributed by atoms with Crippen molar-refractivity contribution in [2.24, 2.45) is 0 Å². The summed E-state index contributed by atoms with van der Waals surface area (Å²) >= 11 is 0. The van der Waals surface area contributed by atoms with Crippen LogP contribution in [0.1, 0.15) is 32.4 Å². The lowest BCUT2D eigenvalue weighted by Gasteiger charge is -2.14. The third-order valence-electron chi connectivity index (χ3n) is 3.28. The van der Waals surface area contributed by atoms with E-state index in [2.05, 4.69) is 9.71 Å². The van der Waals surface area contributed by atoms with E-state index in [1.54, 1.807) is 31.2 Å². The van der Waals surface area contributed by atoms with Gasteiger partial charge in [-0.1, -0.05) is 19.9 Å². The summed E-state index contributed by atoms with van der Waals surface area (Å²) in [5.41, 5.74) is 0.732. The zero-order chi connectivity index (χ0) is 18.3. The van der Waals surface area contributed by atoms with E-state index < -0.39 is 10.0 Å². The van der Waals surface area contributed by atoms with Gasteiger partial charge in [-0.25, -0.2) is 13.4 Å². The van der Waals surface area contributed by atoms with Crippen molar-refractivity contribution in [3.05, 3.63) is 42.1 Å². The Morgan fingerprint density at radius 1 is 1.00 bits per heavy atom. The van der Waals surface area contributed by atoms with Crippen LogP contribution in [0, 0.1) is 6.92 Å². The summed E-state index contributed by atoms with van der Waals surface area (Å²) in [6.45, 7) is 6.82. The molecule has 0 radical (unpaired) electrons. The van der Waals surface area contributed by atoms with Crippen molar-refractivity contribution in [1.82, 2.24) is 4.98 Å². The molecule has 0 spiro atoms. The highest BCUT2D eigenvalue weighted by Crippen LogP contribution is 2.31. The summed E-state index contributed by atoms with van der Waals surface area (Å²) in [6.07, 6.45) is 1.67. The normalized spacial score (nSPS) is 11.2. The van der Waals surface area contributed by atoms with Gasteiger partial charge in [-0.2, -0.15) is 0 Å². The van der Waals surface area contributed by atoms with Crippen molar-refractivity contribution in [2.75, 3.05) is 17.9 Å². The monoisotopic (exact) mass is 364 g/mol. The minimum Gasteiger partial charge on any atom is -0.490 e. The lowest BCUT2D eigenvalue weighted by atomic mass is 10.3. The van der Waals surface area contributed by atoms with Crippen LogP contribution in [0.4, 0.5) is 5.82 Å². The number of hydrogen-bond donors (Lipinski definition) is 1. The molecule has 0 saturated heterocycles. The molecule has 0 unspecified atom stereocenters. The second-order valence-electron chi connectivity index (χ2n) is 5.58. The summed E-state index contributed by atoms with van der Waals surface area (Å²) in [5, 5.41) is 0. The number of nitrogens with one attached hydrogen (secondary N) is 1. The van der Waals surface area contributed by atoms with Gasteiger partial charge in [0.25, 0.3) is 10.0 Å². The first-order chi connectivity index (χ1) is 12.0. The number of nitrogens with zero attached hydrogens (tertiary/aromatic N) is 1. The van der Waals surface area contributed by atoms with Gasteiger partial charge in [0, 0.05) is 11.8 Å². The Labute approximate surface area is 149 Å². The molecule has 1 aromatic carbocycles. The second-order valence-corrected chi connectivity index (χ2v) is 7.26. The molecule has 0 aliphatic heterocycles. The molecule has 0 aliphatic rings. The molecule has 2 rings (SSSR count). The van der Waals surface area contributed by atoms with E-state index >= 15 is 0 Å². The Morgan fingerprint density at radius 3 is 2.32 bits per heavy atom. The molecule has 7 heteroatoms. The van der Waals surface area contributed by atoms with Crippen molar-refractivity contribution < 1.29 is 17.9 Å². The molecule has 0 atom stereocenters. The molecule has 25 heavy (non-hydrogen) atoms. The summed E-state index contributed by atoms with van der Waals surface area (Å²) in [6, 6.07) is 9.77.